The summed E-state index contributed by atoms with van der Waals surface area (Å²) in [5.41, 5.74) is 0. The molecule has 0 aromatic heterocycles. The summed E-state index contributed by atoms with van der Waals surface area (Å²) in [5.74, 6) is -0.727. The first-order valence-electron chi connectivity index (χ1n) is 4.07. The number of carboxylic acid groups (broad SMARTS) is 1. The third-order valence-electron chi connectivity index (χ3n) is 2.13. The van der Waals surface area contributed by atoms with Crippen LogP contribution in [0.3, 0.4) is 0 Å². The Hall–Kier alpha value is -0.220. The van der Waals surface area contributed by atoms with Crippen LogP contribution in [0.5, 0.6) is 0 Å². The van der Waals surface area contributed by atoms with Crippen molar-refractivity contribution < 1.29 is 9.90 Å². The third kappa shape index (κ3) is 2.14. The molecule has 0 radical (unpaired) electrons. The van der Waals surface area contributed by atoms with Gasteiger partial charge < -0.3 is 10.4 Å². The summed E-state index contributed by atoms with van der Waals surface area (Å²) in [6, 6.07) is 0.0926. The average Bonchev–Trinajstić information content (AvgIpc) is 2.04. The number of carbonyl (C=O) groups is 1. The average molecular weight is 189 g/mol. The Labute approximate surface area is 76.9 Å². The zero-order valence-corrected chi connectivity index (χ0v) is 8.44. The summed E-state index contributed by atoms with van der Waals surface area (Å²) in [6.07, 6.45) is 0.213. The number of hydrogen-bond acceptors (Lipinski definition) is 3. The molecule has 1 saturated heterocycles. The molecule has 1 fully saturated rings. The minimum absolute atomic E-state index is 0.0395. The van der Waals surface area contributed by atoms with Crippen LogP contribution in [0.15, 0.2) is 0 Å². The minimum Gasteiger partial charge on any atom is -0.481 e. The molecule has 0 aliphatic carbocycles. The molecule has 1 heterocycles. The zero-order chi connectivity index (χ0) is 9.35. The Morgan fingerprint density at radius 2 is 2.25 bits per heavy atom. The van der Waals surface area contributed by atoms with Crippen molar-refractivity contribution in [3.63, 3.8) is 0 Å². The maximum Gasteiger partial charge on any atom is 0.304 e. The Morgan fingerprint density at radius 1 is 1.67 bits per heavy atom. The number of aliphatic carboxylic acids is 1. The largest absolute Gasteiger partial charge is 0.481 e. The Bertz CT molecular complexity index is 193. The van der Waals surface area contributed by atoms with E-state index >= 15 is 0 Å². The SMILES string of the molecule is CC1NC(CC(=O)O)C(C)(C)S1. The van der Waals surface area contributed by atoms with Gasteiger partial charge in [-0.1, -0.05) is 0 Å². The molecule has 70 valence electrons. The van der Waals surface area contributed by atoms with Crippen molar-refractivity contribution in [1.82, 2.24) is 5.32 Å². The van der Waals surface area contributed by atoms with Gasteiger partial charge in [-0.2, -0.15) is 0 Å². The van der Waals surface area contributed by atoms with E-state index in [1.807, 2.05) is 0 Å². The molecular formula is C8H15NO2S. The van der Waals surface area contributed by atoms with Crippen molar-refractivity contribution in [2.75, 3.05) is 0 Å². The highest BCUT2D eigenvalue weighted by atomic mass is 32.2. The third-order valence-corrected chi connectivity index (χ3v) is 3.52. The molecular weight excluding hydrogens is 174 g/mol. The highest BCUT2D eigenvalue weighted by molar-refractivity contribution is 8.01. The van der Waals surface area contributed by atoms with Crippen LogP contribution < -0.4 is 5.32 Å². The van der Waals surface area contributed by atoms with Crippen LogP contribution >= 0.6 is 11.8 Å². The van der Waals surface area contributed by atoms with Crippen molar-refractivity contribution >= 4 is 17.7 Å². The van der Waals surface area contributed by atoms with Gasteiger partial charge in [0.05, 0.1) is 11.8 Å². The second-order valence-corrected chi connectivity index (χ2v) is 5.68. The monoisotopic (exact) mass is 189 g/mol. The van der Waals surface area contributed by atoms with Gasteiger partial charge >= 0.3 is 5.97 Å². The molecule has 0 amide bonds. The van der Waals surface area contributed by atoms with Crippen LogP contribution in [0.2, 0.25) is 0 Å². The summed E-state index contributed by atoms with van der Waals surface area (Å²) in [7, 11) is 0. The van der Waals surface area contributed by atoms with E-state index in [1.165, 1.54) is 0 Å². The van der Waals surface area contributed by atoms with E-state index in [4.69, 9.17) is 5.11 Å². The Morgan fingerprint density at radius 3 is 2.58 bits per heavy atom. The molecule has 4 heteroatoms. The predicted molar refractivity (Wildman–Crippen MR) is 50.3 cm³/mol. The molecule has 0 spiro atoms. The van der Waals surface area contributed by atoms with Crippen molar-refractivity contribution in [2.45, 2.75) is 43.4 Å². The lowest BCUT2D eigenvalue weighted by Gasteiger charge is -2.23. The molecule has 0 aromatic rings. The van der Waals surface area contributed by atoms with Gasteiger partial charge in [0.2, 0.25) is 0 Å². The fraction of sp³-hybridized carbons (Fsp3) is 0.875. The first-order valence-corrected chi connectivity index (χ1v) is 4.95. The van der Waals surface area contributed by atoms with E-state index in [0.29, 0.717) is 5.37 Å². The van der Waals surface area contributed by atoms with E-state index < -0.39 is 5.97 Å². The van der Waals surface area contributed by atoms with E-state index in [2.05, 4.69) is 26.1 Å². The standard InChI is InChI=1S/C8H15NO2S/c1-5-9-6(4-7(10)11)8(2,3)12-5/h5-6,9H,4H2,1-3H3,(H,10,11). The van der Waals surface area contributed by atoms with Crippen LogP contribution in [-0.2, 0) is 4.79 Å². The van der Waals surface area contributed by atoms with E-state index in [-0.39, 0.29) is 17.2 Å². The molecule has 12 heavy (non-hydrogen) atoms. The second-order valence-electron chi connectivity index (χ2n) is 3.68. The van der Waals surface area contributed by atoms with E-state index in [1.54, 1.807) is 11.8 Å². The summed E-state index contributed by atoms with van der Waals surface area (Å²) >= 11 is 1.80. The van der Waals surface area contributed by atoms with Gasteiger partial charge in [-0.25, -0.2) is 0 Å². The molecule has 2 atom stereocenters. The Kier molecular flexibility index (Phi) is 2.68. The molecule has 1 rings (SSSR count). The lowest BCUT2D eigenvalue weighted by atomic mass is 10.0. The molecule has 0 bridgehead atoms. The first kappa shape index (κ1) is 9.86. The van der Waals surface area contributed by atoms with E-state index in [9.17, 15) is 4.79 Å². The topological polar surface area (TPSA) is 49.3 Å². The van der Waals surface area contributed by atoms with Gasteiger partial charge in [-0.15, -0.1) is 11.8 Å². The summed E-state index contributed by atoms with van der Waals surface area (Å²) in [6.45, 7) is 6.23. The summed E-state index contributed by atoms with van der Waals surface area (Å²) in [4.78, 5) is 10.5. The smallest absolute Gasteiger partial charge is 0.304 e. The maximum absolute atomic E-state index is 10.5. The van der Waals surface area contributed by atoms with Crippen molar-refractivity contribution in [3.8, 4) is 0 Å². The van der Waals surface area contributed by atoms with Gasteiger partial charge in [-0.3, -0.25) is 4.79 Å². The molecule has 2 N–H and O–H groups in total. The van der Waals surface area contributed by atoms with Gasteiger partial charge in [0.1, 0.15) is 0 Å². The van der Waals surface area contributed by atoms with Gasteiger partial charge in [0.15, 0.2) is 0 Å². The number of nitrogens with one attached hydrogen (secondary N) is 1. The molecule has 1 aliphatic heterocycles. The predicted octanol–water partition coefficient (Wildman–Crippen LogP) is 1.29. The maximum atomic E-state index is 10.5. The van der Waals surface area contributed by atoms with Crippen LogP contribution in [-0.4, -0.2) is 27.2 Å². The number of carboxylic acids is 1. The van der Waals surface area contributed by atoms with Crippen LogP contribution in [0, 0.1) is 0 Å². The quantitative estimate of drug-likeness (QED) is 0.687. The van der Waals surface area contributed by atoms with Crippen LogP contribution in [0.25, 0.3) is 0 Å². The molecule has 3 nitrogen and oxygen atoms in total. The number of thioether (sulfide) groups is 1. The summed E-state index contributed by atoms with van der Waals surface area (Å²) in [5, 5.41) is 12.3. The van der Waals surface area contributed by atoms with Gasteiger partial charge in [0, 0.05) is 10.8 Å². The normalized spacial score (nSPS) is 33.6. The van der Waals surface area contributed by atoms with E-state index in [0.717, 1.165) is 0 Å². The summed E-state index contributed by atoms with van der Waals surface area (Å²) < 4.78 is 0.0395. The van der Waals surface area contributed by atoms with Crippen LogP contribution in [0.1, 0.15) is 27.2 Å². The zero-order valence-electron chi connectivity index (χ0n) is 7.63. The Balaban J connectivity index is 2.59. The molecule has 0 aromatic carbocycles. The van der Waals surface area contributed by atoms with Crippen LogP contribution in [0.4, 0.5) is 0 Å². The highest BCUT2D eigenvalue weighted by Crippen LogP contribution is 2.38. The number of rotatable bonds is 2. The highest BCUT2D eigenvalue weighted by Gasteiger charge is 2.39. The van der Waals surface area contributed by atoms with Crippen molar-refractivity contribution in [1.29, 1.82) is 0 Å². The fourth-order valence-corrected chi connectivity index (χ4v) is 2.99. The van der Waals surface area contributed by atoms with Gasteiger partial charge in [0.25, 0.3) is 0 Å². The second kappa shape index (κ2) is 3.26. The molecule has 0 saturated carbocycles. The molecule has 1 aliphatic rings. The lowest BCUT2D eigenvalue weighted by Crippen LogP contribution is -2.39. The van der Waals surface area contributed by atoms with Gasteiger partial charge in [-0.05, 0) is 20.8 Å². The van der Waals surface area contributed by atoms with Crippen molar-refractivity contribution in [2.24, 2.45) is 0 Å². The molecule has 2 unspecified atom stereocenters. The fourth-order valence-electron chi connectivity index (χ4n) is 1.54. The first-order chi connectivity index (χ1) is 5.42. The van der Waals surface area contributed by atoms with Crippen molar-refractivity contribution in [3.05, 3.63) is 0 Å². The minimum atomic E-state index is -0.727. The lowest BCUT2D eigenvalue weighted by molar-refractivity contribution is -0.137. The number of hydrogen-bond donors (Lipinski definition) is 2.